The second-order valence-electron chi connectivity index (χ2n) is 4.37. The van der Waals surface area contributed by atoms with Crippen LogP contribution in [0, 0.1) is 0 Å². The molecule has 0 bridgehead atoms. The van der Waals surface area contributed by atoms with Gasteiger partial charge in [0.2, 0.25) is 0 Å². The molecule has 0 aliphatic rings. The van der Waals surface area contributed by atoms with Crippen molar-refractivity contribution in [3.8, 4) is 5.75 Å². The van der Waals surface area contributed by atoms with Crippen LogP contribution in [0.2, 0.25) is 0 Å². The SMILES string of the molecule is O=C(O)c1ccc2cc(COc3ccccc3)sc2c1. The van der Waals surface area contributed by atoms with Crippen molar-refractivity contribution in [3.63, 3.8) is 0 Å². The lowest BCUT2D eigenvalue weighted by atomic mass is 10.2. The first-order valence-electron chi connectivity index (χ1n) is 6.16. The quantitative estimate of drug-likeness (QED) is 0.781. The third-order valence-corrected chi connectivity index (χ3v) is 4.01. The predicted molar refractivity (Wildman–Crippen MR) is 79.6 cm³/mol. The fourth-order valence-corrected chi connectivity index (χ4v) is 2.98. The van der Waals surface area contributed by atoms with Gasteiger partial charge in [-0.15, -0.1) is 11.3 Å². The van der Waals surface area contributed by atoms with Gasteiger partial charge in [-0.3, -0.25) is 0 Å². The van der Waals surface area contributed by atoms with E-state index in [4.69, 9.17) is 9.84 Å². The van der Waals surface area contributed by atoms with Crippen molar-refractivity contribution in [1.82, 2.24) is 0 Å². The maximum absolute atomic E-state index is 10.9. The molecule has 100 valence electrons. The van der Waals surface area contributed by atoms with Crippen LogP contribution in [0.4, 0.5) is 0 Å². The van der Waals surface area contributed by atoms with Crippen LogP contribution in [-0.2, 0) is 6.61 Å². The van der Waals surface area contributed by atoms with Gasteiger partial charge in [0.15, 0.2) is 0 Å². The molecule has 2 aromatic carbocycles. The zero-order valence-electron chi connectivity index (χ0n) is 10.6. The summed E-state index contributed by atoms with van der Waals surface area (Å²) in [6, 6.07) is 16.8. The van der Waals surface area contributed by atoms with Crippen LogP contribution >= 0.6 is 11.3 Å². The van der Waals surface area contributed by atoms with Gasteiger partial charge in [0.25, 0.3) is 0 Å². The molecule has 0 spiro atoms. The zero-order chi connectivity index (χ0) is 13.9. The molecule has 0 aliphatic heterocycles. The first-order valence-corrected chi connectivity index (χ1v) is 6.97. The number of ether oxygens (including phenoxy) is 1. The number of para-hydroxylation sites is 1. The van der Waals surface area contributed by atoms with E-state index in [2.05, 4.69) is 0 Å². The summed E-state index contributed by atoms with van der Waals surface area (Å²) in [5.74, 6) is -0.0708. The maximum atomic E-state index is 10.9. The molecule has 0 atom stereocenters. The summed E-state index contributed by atoms with van der Waals surface area (Å²) in [5, 5.41) is 10.0. The Morgan fingerprint density at radius 2 is 1.90 bits per heavy atom. The molecule has 1 aromatic heterocycles. The zero-order valence-corrected chi connectivity index (χ0v) is 11.4. The number of benzene rings is 2. The number of thiophene rings is 1. The summed E-state index contributed by atoms with van der Waals surface area (Å²) in [6.45, 7) is 0.492. The average molecular weight is 284 g/mol. The van der Waals surface area contributed by atoms with Gasteiger partial charge >= 0.3 is 5.97 Å². The van der Waals surface area contributed by atoms with Crippen LogP contribution in [0.15, 0.2) is 54.6 Å². The van der Waals surface area contributed by atoms with Crippen LogP contribution in [0.1, 0.15) is 15.2 Å². The molecule has 3 nitrogen and oxygen atoms in total. The highest BCUT2D eigenvalue weighted by Crippen LogP contribution is 2.27. The Morgan fingerprint density at radius 1 is 1.10 bits per heavy atom. The molecule has 1 heterocycles. The van der Waals surface area contributed by atoms with Crippen LogP contribution in [-0.4, -0.2) is 11.1 Å². The third kappa shape index (κ3) is 2.65. The Hall–Kier alpha value is -2.33. The molecule has 0 aliphatic carbocycles. The summed E-state index contributed by atoms with van der Waals surface area (Å²) >= 11 is 1.56. The molecular weight excluding hydrogens is 272 g/mol. The van der Waals surface area contributed by atoms with Crippen molar-refractivity contribution in [2.75, 3.05) is 0 Å². The van der Waals surface area contributed by atoms with E-state index in [1.54, 1.807) is 23.5 Å². The van der Waals surface area contributed by atoms with E-state index in [0.717, 1.165) is 20.7 Å². The monoisotopic (exact) mass is 284 g/mol. The third-order valence-electron chi connectivity index (χ3n) is 2.94. The number of aromatic carboxylic acids is 1. The minimum atomic E-state index is -0.901. The van der Waals surface area contributed by atoms with Crippen LogP contribution in [0.25, 0.3) is 10.1 Å². The van der Waals surface area contributed by atoms with E-state index >= 15 is 0 Å². The smallest absolute Gasteiger partial charge is 0.335 e. The van der Waals surface area contributed by atoms with Crippen molar-refractivity contribution in [2.24, 2.45) is 0 Å². The fourth-order valence-electron chi connectivity index (χ4n) is 1.96. The number of hydrogen-bond acceptors (Lipinski definition) is 3. The molecular formula is C16H12O3S. The number of carboxylic acid groups (broad SMARTS) is 1. The molecule has 0 unspecified atom stereocenters. The van der Waals surface area contributed by atoms with Crippen molar-refractivity contribution in [3.05, 3.63) is 65.0 Å². The molecule has 3 aromatic rings. The van der Waals surface area contributed by atoms with E-state index in [9.17, 15) is 4.79 Å². The summed E-state index contributed by atoms with van der Waals surface area (Å²) in [4.78, 5) is 12.0. The van der Waals surface area contributed by atoms with E-state index in [-0.39, 0.29) is 0 Å². The second kappa shape index (κ2) is 5.35. The largest absolute Gasteiger partial charge is 0.488 e. The van der Waals surface area contributed by atoms with Gasteiger partial charge in [-0.25, -0.2) is 4.79 Å². The molecule has 0 saturated heterocycles. The summed E-state index contributed by atoms with van der Waals surface area (Å²) < 4.78 is 6.66. The lowest BCUT2D eigenvalue weighted by Gasteiger charge is -2.02. The maximum Gasteiger partial charge on any atom is 0.335 e. The lowest BCUT2D eigenvalue weighted by Crippen LogP contribution is -1.94. The van der Waals surface area contributed by atoms with Crippen LogP contribution in [0.5, 0.6) is 5.75 Å². The van der Waals surface area contributed by atoms with Crippen molar-refractivity contribution in [2.45, 2.75) is 6.61 Å². The lowest BCUT2D eigenvalue weighted by molar-refractivity contribution is 0.0697. The second-order valence-corrected chi connectivity index (χ2v) is 5.54. The fraction of sp³-hybridized carbons (Fsp3) is 0.0625. The number of carbonyl (C=O) groups is 1. The Morgan fingerprint density at radius 3 is 2.65 bits per heavy atom. The normalized spacial score (nSPS) is 10.6. The molecule has 0 radical (unpaired) electrons. The molecule has 0 amide bonds. The first-order chi connectivity index (χ1) is 9.72. The van der Waals surface area contributed by atoms with Gasteiger partial charge < -0.3 is 9.84 Å². The van der Waals surface area contributed by atoms with E-state index < -0.39 is 5.97 Å². The number of rotatable bonds is 4. The van der Waals surface area contributed by atoms with Crippen molar-refractivity contribution in [1.29, 1.82) is 0 Å². The number of hydrogen-bond donors (Lipinski definition) is 1. The first kappa shape index (κ1) is 12.7. The van der Waals surface area contributed by atoms with Gasteiger partial charge in [-0.2, -0.15) is 0 Å². The molecule has 1 N–H and O–H groups in total. The van der Waals surface area contributed by atoms with E-state index in [1.165, 1.54) is 0 Å². The molecule has 0 fully saturated rings. The standard InChI is InChI=1S/C16H12O3S/c17-16(18)12-7-6-11-8-14(20-15(11)9-12)10-19-13-4-2-1-3-5-13/h1-9H,10H2,(H,17,18). The number of carboxylic acids is 1. The van der Waals surface area contributed by atoms with Gasteiger partial charge in [-0.05, 0) is 35.7 Å². The Kier molecular flexibility index (Phi) is 3.39. The van der Waals surface area contributed by atoms with Gasteiger partial charge in [0, 0.05) is 9.58 Å². The summed E-state index contributed by atoms with van der Waals surface area (Å²) in [5.41, 5.74) is 0.315. The molecule has 4 heteroatoms. The number of fused-ring (bicyclic) bond motifs is 1. The van der Waals surface area contributed by atoms with Gasteiger partial charge in [0.05, 0.1) is 5.56 Å². The molecule has 0 saturated carbocycles. The van der Waals surface area contributed by atoms with Crippen LogP contribution in [0.3, 0.4) is 0 Å². The minimum Gasteiger partial charge on any atom is -0.488 e. The summed E-state index contributed by atoms with van der Waals surface area (Å²) in [6.07, 6.45) is 0. The Balaban J connectivity index is 1.80. The highest BCUT2D eigenvalue weighted by molar-refractivity contribution is 7.19. The van der Waals surface area contributed by atoms with Gasteiger partial charge in [0.1, 0.15) is 12.4 Å². The highest BCUT2D eigenvalue weighted by Gasteiger charge is 2.07. The predicted octanol–water partition coefficient (Wildman–Crippen LogP) is 4.18. The highest BCUT2D eigenvalue weighted by atomic mass is 32.1. The van der Waals surface area contributed by atoms with E-state index in [0.29, 0.717) is 12.2 Å². The average Bonchev–Trinajstić information content (AvgIpc) is 2.88. The molecule has 20 heavy (non-hydrogen) atoms. The topological polar surface area (TPSA) is 46.5 Å². The Bertz CT molecular complexity index is 747. The summed E-state index contributed by atoms with van der Waals surface area (Å²) in [7, 11) is 0. The Labute approximate surface area is 120 Å². The van der Waals surface area contributed by atoms with Crippen molar-refractivity contribution < 1.29 is 14.6 Å². The molecule has 3 rings (SSSR count). The van der Waals surface area contributed by atoms with E-state index in [1.807, 2.05) is 42.5 Å². The minimum absolute atomic E-state index is 0.315. The van der Waals surface area contributed by atoms with Crippen molar-refractivity contribution >= 4 is 27.4 Å². The van der Waals surface area contributed by atoms with Crippen LogP contribution < -0.4 is 4.74 Å². The van der Waals surface area contributed by atoms with Gasteiger partial charge in [-0.1, -0.05) is 24.3 Å².